The summed E-state index contributed by atoms with van der Waals surface area (Å²) in [5, 5.41) is 2.68. The highest BCUT2D eigenvalue weighted by Gasteiger charge is 2.56. The lowest BCUT2D eigenvalue weighted by Gasteiger charge is -2.39. The summed E-state index contributed by atoms with van der Waals surface area (Å²) in [6.45, 7) is 7.04. The van der Waals surface area contributed by atoms with E-state index < -0.39 is 29.1 Å². The predicted molar refractivity (Wildman–Crippen MR) is 93.4 cm³/mol. The number of carbonyl (C=O) groups is 3. The van der Waals surface area contributed by atoms with Crippen LogP contribution in [0.2, 0.25) is 0 Å². The second-order valence-electron chi connectivity index (χ2n) is 7.42. The van der Waals surface area contributed by atoms with Crippen LogP contribution in [0.3, 0.4) is 0 Å². The van der Waals surface area contributed by atoms with E-state index in [1.54, 1.807) is 39.8 Å². The van der Waals surface area contributed by atoms with Crippen molar-refractivity contribution in [3.05, 3.63) is 24.2 Å². The molecule has 0 aliphatic heterocycles. The summed E-state index contributed by atoms with van der Waals surface area (Å²) >= 11 is 0. The van der Waals surface area contributed by atoms with Gasteiger partial charge in [0.2, 0.25) is 0 Å². The Morgan fingerprint density at radius 1 is 1.35 bits per heavy atom. The van der Waals surface area contributed by atoms with Gasteiger partial charge in [-0.3, -0.25) is 9.59 Å². The Bertz CT molecular complexity index is 645. The number of nitrogens with one attached hydrogen (secondary N) is 1. The molecule has 1 aliphatic rings. The van der Waals surface area contributed by atoms with Crippen molar-refractivity contribution in [1.29, 1.82) is 0 Å². The normalized spacial score (nSPS) is 21.8. The number of carbonyl (C=O) groups excluding carboxylic acids is 3. The third-order valence-electron chi connectivity index (χ3n) is 4.34. The number of amides is 1. The number of ether oxygens (including phenoxy) is 2. The Morgan fingerprint density at radius 3 is 2.62 bits per heavy atom. The lowest BCUT2D eigenvalue weighted by atomic mass is 9.67. The fraction of sp³-hybridized carbons (Fsp3) is 0.632. The van der Waals surface area contributed by atoms with E-state index in [4.69, 9.17) is 13.9 Å². The van der Waals surface area contributed by atoms with Crippen LogP contribution in [0.1, 0.15) is 65.2 Å². The maximum Gasteiger partial charge on any atom is 0.408 e. The molecule has 1 heterocycles. The summed E-state index contributed by atoms with van der Waals surface area (Å²) < 4.78 is 16.0. The minimum Gasteiger partial charge on any atom is -0.467 e. The Morgan fingerprint density at radius 2 is 2.08 bits per heavy atom. The molecule has 0 unspecified atom stereocenters. The van der Waals surface area contributed by atoms with E-state index in [0.29, 0.717) is 18.6 Å². The van der Waals surface area contributed by atoms with Gasteiger partial charge in [0.05, 0.1) is 12.9 Å². The average molecular weight is 365 g/mol. The molecular weight excluding hydrogens is 338 g/mol. The first-order valence-corrected chi connectivity index (χ1v) is 8.94. The number of alkyl carbamates (subject to hydrolysis) is 1. The summed E-state index contributed by atoms with van der Waals surface area (Å²) in [5.74, 6) is -0.569. The molecule has 26 heavy (non-hydrogen) atoms. The van der Waals surface area contributed by atoms with Crippen molar-refractivity contribution < 1.29 is 28.3 Å². The molecule has 0 bridgehead atoms. The number of rotatable bonds is 5. The molecule has 0 aromatic carbocycles. The number of hydrogen-bond donors (Lipinski definition) is 1. The maximum absolute atomic E-state index is 12.9. The highest BCUT2D eigenvalue weighted by molar-refractivity contribution is 6.05. The topological polar surface area (TPSA) is 94.8 Å². The van der Waals surface area contributed by atoms with Gasteiger partial charge in [0.1, 0.15) is 17.4 Å². The van der Waals surface area contributed by atoms with E-state index in [-0.39, 0.29) is 25.2 Å². The monoisotopic (exact) mass is 365 g/mol. The summed E-state index contributed by atoms with van der Waals surface area (Å²) in [6.07, 6.45) is 2.64. The molecule has 1 N–H and O–H groups in total. The minimum absolute atomic E-state index is 0.144. The number of Topliss-reactive ketones (excluding diaryl/α,β-unsaturated/α-hetero) is 1. The number of hydrogen-bond acceptors (Lipinski definition) is 6. The summed E-state index contributed by atoms with van der Waals surface area (Å²) in [5.41, 5.74) is -2.23. The second kappa shape index (κ2) is 7.93. The lowest BCUT2D eigenvalue weighted by molar-refractivity contribution is -0.165. The zero-order valence-electron chi connectivity index (χ0n) is 15.8. The Balaban J connectivity index is 2.44. The Labute approximate surface area is 153 Å². The summed E-state index contributed by atoms with van der Waals surface area (Å²) in [7, 11) is 0. The molecule has 144 valence electrons. The molecule has 0 spiro atoms. The van der Waals surface area contributed by atoms with Gasteiger partial charge in [-0.2, -0.15) is 0 Å². The maximum atomic E-state index is 12.9. The van der Waals surface area contributed by atoms with Gasteiger partial charge < -0.3 is 19.2 Å². The highest BCUT2D eigenvalue weighted by Crippen LogP contribution is 2.45. The van der Waals surface area contributed by atoms with E-state index in [1.807, 2.05) is 0 Å². The van der Waals surface area contributed by atoms with E-state index >= 15 is 0 Å². The standard InChI is InChI=1S/C19H27NO6/c1-5-24-16(22)19(11-7-6-10-14(19)21)15(13-9-8-12-25-13)20-17(23)26-18(2,3)4/h8-9,12,15H,5-7,10-11H2,1-4H3,(H,20,23)/t15-,19-/m1/s1. The van der Waals surface area contributed by atoms with Crippen LogP contribution in [-0.4, -0.2) is 30.1 Å². The van der Waals surface area contributed by atoms with Crippen LogP contribution < -0.4 is 5.32 Å². The average Bonchev–Trinajstić information content (AvgIpc) is 3.06. The number of ketones is 1. The zero-order chi connectivity index (χ0) is 19.4. The molecule has 1 saturated carbocycles. The Hall–Kier alpha value is -2.31. The molecule has 0 radical (unpaired) electrons. The first-order valence-electron chi connectivity index (χ1n) is 8.94. The lowest BCUT2D eigenvalue weighted by Crippen LogP contribution is -2.53. The summed E-state index contributed by atoms with van der Waals surface area (Å²) in [4.78, 5) is 38.2. The molecule has 0 saturated heterocycles. The SMILES string of the molecule is CCOC(=O)[C@]1([C@H](NC(=O)OC(C)(C)C)c2ccco2)CCCCC1=O. The fourth-order valence-electron chi connectivity index (χ4n) is 3.27. The second-order valence-corrected chi connectivity index (χ2v) is 7.42. The van der Waals surface area contributed by atoms with Crippen molar-refractivity contribution in [2.45, 2.75) is 65.0 Å². The van der Waals surface area contributed by atoms with Crippen LogP contribution in [0.15, 0.2) is 22.8 Å². The minimum atomic E-state index is -1.51. The fourth-order valence-corrected chi connectivity index (χ4v) is 3.27. The van der Waals surface area contributed by atoms with Crippen molar-refractivity contribution in [3.63, 3.8) is 0 Å². The highest BCUT2D eigenvalue weighted by atomic mass is 16.6. The van der Waals surface area contributed by atoms with Crippen molar-refractivity contribution in [1.82, 2.24) is 5.32 Å². The molecule has 1 fully saturated rings. The first kappa shape index (κ1) is 20.0. The predicted octanol–water partition coefficient (Wildman–Crippen LogP) is 3.54. The van der Waals surface area contributed by atoms with Gasteiger partial charge in [-0.25, -0.2) is 4.79 Å². The largest absolute Gasteiger partial charge is 0.467 e. The number of furan rings is 1. The quantitative estimate of drug-likeness (QED) is 0.633. The first-order chi connectivity index (χ1) is 12.2. The molecule has 7 heteroatoms. The number of esters is 1. The molecule has 1 aromatic heterocycles. The van der Waals surface area contributed by atoms with Gasteiger partial charge >= 0.3 is 12.1 Å². The third-order valence-corrected chi connectivity index (χ3v) is 4.34. The van der Waals surface area contributed by atoms with Gasteiger partial charge in [0.25, 0.3) is 0 Å². The molecule has 1 amide bonds. The molecule has 2 rings (SSSR count). The molecule has 7 nitrogen and oxygen atoms in total. The van der Waals surface area contributed by atoms with E-state index in [0.717, 1.165) is 0 Å². The van der Waals surface area contributed by atoms with Crippen LogP contribution in [0.25, 0.3) is 0 Å². The van der Waals surface area contributed by atoms with Crippen molar-refractivity contribution in [2.24, 2.45) is 5.41 Å². The zero-order valence-corrected chi connectivity index (χ0v) is 15.8. The van der Waals surface area contributed by atoms with E-state index in [9.17, 15) is 14.4 Å². The summed E-state index contributed by atoms with van der Waals surface area (Å²) in [6, 6.07) is 2.29. The van der Waals surface area contributed by atoms with Crippen LogP contribution >= 0.6 is 0 Å². The van der Waals surface area contributed by atoms with Gasteiger partial charge in [0, 0.05) is 6.42 Å². The van der Waals surface area contributed by atoms with Gasteiger partial charge in [-0.1, -0.05) is 6.42 Å². The molecule has 2 atom stereocenters. The van der Waals surface area contributed by atoms with Gasteiger partial charge in [-0.05, 0) is 52.7 Å². The smallest absolute Gasteiger partial charge is 0.408 e. The van der Waals surface area contributed by atoms with Crippen LogP contribution in [-0.2, 0) is 19.1 Å². The van der Waals surface area contributed by atoms with E-state index in [2.05, 4.69) is 5.32 Å². The third kappa shape index (κ3) is 4.26. The van der Waals surface area contributed by atoms with Crippen LogP contribution in [0, 0.1) is 5.41 Å². The van der Waals surface area contributed by atoms with Crippen LogP contribution in [0.5, 0.6) is 0 Å². The van der Waals surface area contributed by atoms with Crippen LogP contribution in [0.4, 0.5) is 4.79 Å². The Kier molecular flexibility index (Phi) is 6.10. The molecule has 1 aromatic rings. The molecule has 1 aliphatic carbocycles. The van der Waals surface area contributed by atoms with E-state index in [1.165, 1.54) is 6.26 Å². The van der Waals surface area contributed by atoms with Crippen molar-refractivity contribution >= 4 is 17.8 Å². The molecular formula is C19H27NO6. The van der Waals surface area contributed by atoms with Crippen molar-refractivity contribution in [2.75, 3.05) is 6.61 Å². The van der Waals surface area contributed by atoms with Crippen molar-refractivity contribution in [3.8, 4) is 0 Å². The van der Waals surface area contributed by atoms with Gasteiger partial charge in [0.15, 0.2) is 11.2 Å². The van der Waals surface area contributed by atoms with Gasteiger partial charge in [-0.15, -0.1) is 0 Å².